The van der Waals surface area contributed by atoms with Crippen LogP contribution in [-0.4, -0.2) is 37.2 Å². The summed E-state index contributed by atoms with van der Waals surface area (Å²) in [6.07, 6.45) is 3.51. The molecule has 1 aliphatic rings. The molecule has 0 saturated heterocycles. The molecule has 0 N–H and O–H groups in total. The van der Waals surface area contributed by atoms with Crippen LogP contribution < -0.4 is 5.56 Å². The summed E-state index contributed by atoms with van der Waals surface area (Å²) in [6, 6.07) is 7.63. The Morgan fingerprint density at radius 2 is 2.08 bits per heavy atom. The molecule has 0 bridgehead atoms. The molecule has 1 aromatic carbocycles. The minimum Gasteiger partial charge on any atom is -0.287 e. The number of rotatable bonds is 6. The third-order valence-electron chi connectivity index (χ3n) is 4.77. The highest BCUT2D eigenvalue weighted by Gasteiger charge is 2.23. The Morgan fingerprint density at radius 3 is 2.80 bits per heavy atom. The number of fused-ring (bicyclic) bond motifs is 3. The zero-order valence-electron chi connectivity index (χ0n) is 14.7. The first-order valence-corrected chi connectivity index (χ1v) is 9.30. The van der Waals surface area contributed by atoms with Gasteiger partial charge in [-0.05, 0) is 56.6 Å². The van der Waals surface area contributed by atoms with Crippen LogP contribution in [0.25, 0.3) is 16.7 Å². The summed E-state index contributed by atoms with van der Waals surface area (Å²) < 4.78 is 6.16. The molecule has 1 saturated carbocycles. The minimum atomic E-state index is 0.00318. The molecule has 132 valence electrons. The first kappa shape index (κ1) is 16.5. The van der Waals surface area contributed by atoms with Crippen molar-refractivity contribution in [3.8, 4) is 0 Å². The van der Waals surface area contributed by atoms with Gasteiger partial charge in [-0.3, -0.25) is 18.7 Å². The summed E-state index contributed by atoms with van der Waals surface area (Å²) >= 11 is 5.71. The molecule has 3 aromatic rings. The van der Waals surface area contributed by atoms with E-state index in [4.69, 9.17) is 17.3 Å². The van der Waals surface area contributed by atoms with E-state index >= 15 is 0 Å². The van der Waals surface area contributed by atoms with Gasteiger partial charge in [-0.2, -0.15) is 0 Å². The van der Waals surface area contributed by atoms with Crippen molar-refractivity contribution in [1.82, 2.24) is 23.6 Å². The second kappa shape index (κ2) is 6.38. The van der Waals surface area contributed by atoms with Crippen molar-refractivity contribution >= 4 is 28.9 Å². The van der Waals surface area contributed by atoms with Gasteiger partial charge in [0.2, 0.25) is 10.5 Å². The summed E-state index contributed by atoms with van der Waals surface area (Å²) in [6.45, 7) is 4.41. The van der Waals surface area contributed by atoms with Crippen LogP contribution in [0.15, 0.2) is 29.1 Å². The average molecular weight is 357 g/mol. The highest BCUT2D eigenvalue weighted by molar-refractivity contribution is 7.71. The molecular weight excluding hydrogens is 334 g/mol. The van der Waals surface area contributed by atoms with E-state index < -0.39 is 0 Å². The van der Waals surface area contributed by atoms with Gasteiger partial charge in [-0.15, -0.1) is 5.10 Å². The second-order valence-electron chi connectivity index (χ2n) is 7.01. The van der Waals surface area contributed by atoms with Crippen LogP contribution in [0.4, 0.5) is 0 Å². The van der Waals surface area contributed by atoms with Crippen molar-refractivity contribution in [3.05, 3.63) is 39.4 Å². The molecule has 25 heavy (non-hydrogen) atoms. The number of aryl methyl sites for hydroxylation is 1. The molecule has 4 rings (SSSR count). The van der Waals surface area contributed by atoms with E-state index in [0.29, 0.717) is 29.1 Å². The van der Waals surface area contributed by atoms with Crippen LogP contribution in [0.5, 0.6) is 0 Å². The summed E-state index contributed by atoms with van der Waals surface area (Å²) in [7, 11) is 2.10. The van der Waals surface area contributed by atoms with Crippen LogP contribution in [0.2, 0.25) is 0 Å². The monoisotopic (exact) mass is 357 g/mol. The largest absolute Gasteiger partial charge is 0.287 e. The van der Waals surface area contributed by atoms with Gasteiger partial charge in [0.05, 0.1) is 17.6 Å². The fourth-order valence-corrected chi connectivity index (χ4v) is 3.69. The smallest absolute Gasteiger partial charge is 0.262 e. The molecule has 0 radical (unpaired) electrons. The minimum absolute atomic E-state index is 0.00318. The molecule has 6 nitrogen and oxygen atoms in total. The Hall–Kier alpha value is -1.99. The summed E-state index contributed by atoms with van der Waals surface area (Å²) in [5.74, 6) is 1.45. The van der Waals surface area contributed by atoms with E-state index in [-0.39, 0.29) is 5.56 Å². The molecule has 0 atom stereocenters. The number of para-hydroxylation sites is 1. The molecular formula is C18H23N5OS. The van der Waals surface area contributed by atoms with Gasteiger partial charge < -0.3 is 0 Å². The summed E-state index contributed by atoms with van der Waals surface area (Å²) in [4.78, 5) is 15.1. The number of benzene rings is 1. The predicted molar refractivity (Wildman–Crippen MR) is 101 cm³/mol. The first-order chi connectivity index (χ1) is 12.1. The zero-order valence-corrected chi connectivity index (χ0v) is 15.5. The van der Waals surface area contributed by atoms with Crippen molar-refractivity contribution in [2.24, 2.45) is 5.92 Å². The third-order valence-corrected chi connectivity index (χ3v) is 5.17. The average Bonchev–Trinajstić information content (AvgIpc) is 3.35. The standard InChI is InChI=1S/C18H23N5OS/c1-3-10-21-16(24)14-6-4-5-7-15(14)23-17(21)19-22(18(23)25)12-20(2)11-13-8-9-13/h4-7,13H,3,8-12H2,1-2H3. The maximum atomic E-state index is 12.9. The highest BCUT2D eigenvalue weighted by atomic mass is 32.1. The molecule has 2 aromatic heterocycles. The predicted octanol–water partition coefficient (Wildman–Crippen LogP) is 2.89. The lowest BCUT2D eigenvalue weighted by molar-refractivity contribution is 0.243. The van der Waals surface area contributed by atoms with E-state index in [1.807, 2.05) is 33.3 Å². The Bertz CT molecular complexity index is 1040. The van der Waals surface area contributed by atoms with Crippen LogP contribution >= 0.6 is 12.2 Å². The van der Waals surface area contributed by atoms with Crippen LogP contribution in [-0.2, 0) is 13.2 Å². The third kappa shape index (κ3) is 2.91. The van der Waals surface area contributed by atoms with E-state index in [2.05, 4.69) is 18.9 Å². The normalized spacial score (nSPS) is 14.8. The van der Waals surface area contributed by atoms with Gasteiger partial charge in [-0.1, -0.05) is 19.1 Å². The van der Waals surface area contributed by atoms with Crippen molar-refractivity contribution in [2.45, 2.75) is 39.4 Å². The number of aromatic nitrogens is 4. The highest BCUT2D eigenvalue weighted by Crippen LogP contribution is 2.29. The fourth-order valence-electron chi connectivity index (χ4n) is 3.41. The fraction of sp³-hybridized carbons (Fsp3) is 0.500. The van der Waals surface area contributed by atoms with Crippen molar-refractivity contribution in [3.63, 3.8) is 0 Å². The number of nitrogens with zero attached hydrogens (tertiary/aromatic N) is 5. The maximum Gasteiger partial charge on any atom is 0.262 e. The van der Waals surface area contributed by atoms with Gasteiger partial charge in [-0.25, -0.2) is 4.68 Å². The van der Waals surface area contributed by atoms with Crippen molar-refractivity contribution < 1.29 is 0 Å². The molecule has 1 aliphatic carbocycles. The van der Waals surface area contributed by atoms with E-state index in [1.165, 1.54) is 12.8 Å². The molecule has 2 heterocycles. The Kier molecular flexibility index (Phi) is 4.21. The van der Waals surface area contributed by atoms with Gasteiger partial charge in [0.15, 0.2) is 0 Å². The lowest BCUT2D eigenvalue weighted by Gasteiger charge is -2.15. The van der Waals surface area contributed by atoms with Crippen LogP contribution in [0.1, 0.15) is 26.2 Å². The van der Waals surface area contributed by atoms with Crippen molar-refractivity contribution in [2.75, 3.05) is 13.6 Å². The SMILES string of the molecule is CCCn1c(=O)c2ccccc2n2c(=S)n(CN(C)CC3CC3)nc12. The molecule has 0 spiro atoms. The lowest BCUT2D eigenvalue weighted by atomic mass is 10.2. The summed E-state index contributed by atoms with van der Waals surface area (Å²) in [5, 5.41) is 5.39. The number of hydrogen-bond donors (Lipinski definition) is 0. The van der Waals surface area contributed by atoms with E-state index in [9.17, 15) is 4.79 Å². The van der Waals surface area contributed by atoms with E-state index in [1.54, 1.807) is 4.57 Å². The molecule has 0 unspecified atom stereocenters. The van der Waals surface area contributed by atoms with Gasteiger partial charge in [0.1, 0.15) is 0 Å². The van der Waals surface area contributed by atoms with Crippen LogP contribution in [0, 0.1) is 10.7 Å². The molecule has 0 aliphatic heterocycles. The number of hydrogen-bond acceptors (Lipinski definition) is 4. The second-order valence-corrected chi connectivity index (χ2v) is 7.38. The van der Waals surface area contributed by atoms with Gasteiger partial charge in [0.25, 0.3) is 5.56 Å². The molecule has 0 amide bonds. The molecule has 7 heteroatoms. The molecule has 1 fully saturated rings. The lowest BCUT2D eigenvalue weighted by Crippen LogP contribution is -2.25. The van der Waals surface area contributed by atoms with Gasteiger partial charge in [0, 0.05) is 13.1 Å². The first-order valence-electron chi connectivity index (χ1n) is 8.89. The van der Waals surface area contributed by atoms with E-state index in [0.717, 1.165) is 24.4 Å². The topological polar surface area (TPSA) is 47.5 Å². The Balaban J connectivity index is 1.91. The zero-order chi connectivity index (χ0) is 17.6. The Morgan fingerprint density at radius 1 is 1.32 bits per heavy atom. The quantitative estimate of drug-likeness (QED) is 0.637. The summed E-state index contributed by atoms with van der Waals surface area (Å²) in [5.41, 5.74) is 0.833. The van der Waals surface area contributed by atoms with Gasteiger partial charge >= 0.3 is 0 Å². The Labute approximate surface area is 151 Å². The van der Waals surface area contributed by atoms with Crippen molar-refractivity contribution in [1.29, 1.82) is 0 Å². The van der Waals surface area contributed by atoms with Crippen LogP contribution in [0.3, 0.4) is 0 Å². The maximum absolute atomic E-state index is 12.9.